The predicted octanol–water partition coefficient (Wildman–Crippen LogP) is 7.50. The third-order valence-corrected chi connectivity index (χ3v) is 25.2. The Labute approximate surface area is 315 Å². The van der Waals surface area contributed by atoms with E-state index in [1.807, 2.05) is 0 Å². The zero-order valence-electron chi connectivity index (χ0n) is 30.3. The summed E-state index contributed by atoms with van der Waals surface area (Å²) in [7, 11) is 0. The Morgan fingerprint density at radius 3 is 1.64 bits per heavy atom. The van der Waals surface area contributed by atoms with Gasteiger partial charge in [0.15, 0.2) is 0 Å². The van der Waals surface area contributed by atoms with E-state index >= 15 is 0 Å². The molecule has 1 heterocycles. The van der Waals surface area contributed by atoms with Crippen LogP contribution < -0.4 is 24.8 Å². The summed E-state index contributed by atoms with van der Waals surface area (Å²) in [6.07, 6.45) is 2.60. The Hall–Kier alpha value is -2.96. The van der Waals surface area contributed by atoms with Crippen molar-refractivity contribution in [3.05, 3.63) is 148 Å². The summed E-state index contributed by atoms with van der Waals surface area (Å²) in [5.41, 5.74) is 17.0. The Bertz CT molecular complexity index is 2280. The normalized spacial score (nSPS) is 16.8. The smallest absolute Gasteiger partial charge is 1.00 e. The van der Waals surface area contributed by atoms with Gasteiger partial charge < -0.3 is 24.8 Å². The first-order valence-electron chi connectivity index (χ1n) is 18.0. The minimum absolute atomic E-state index is 0. The molecule has 0 saturated carbocycles. The molecule has 1 unspecified atom stereocenters. The molecule has 6 aromatic carbocycles. The molecule has 3 aliphatic rings. The van der Waals surface area contributed by atoms with Crippen molar-refractivity contribution in [1.29, 1.82) is 0 Å². The molecule has 1 fully saturated rings. The Balaban J connectivity index is 0.00000196. The number of hydrogen-bond acceptors (Lipinski definition) is 0. The number of rotatable bonds is 3. The number of benzene rings is 6. The molecule has 0 radical (unpaired) electrons. The number of halogens is 2. The van der Waals surface area contributed by atoms with Crippen LogP contribution in [-0.2, 0) is 31.1 Å². The van der Waals surface area contributed by atoms with Gasteiger partial charge in [0.1, 0.15) is 0 Å². The third kappa shape index (κ3) is 5.33. The van der Waals surface area contributed by atoms with Crippen molar-refractivity contribution in [2.75, 3.05) is 0 Å². The molecule has 252 valence electrons. The van der Waals surface area contributed by atoms with Crippen LogP contribution in [0.5, 0.6) is 0 Å². The van der Waals surface area contributed by atoms with E-state index in [2.05, 4.69) is 164 Å². The first-order valence-corrected chi connectivity index (χ1v) is 24.3. The van der Waals surface area contributed by atoms with Gasteiger partial charge in [0, 0.05) is 0 Å². The fraction of sp³-hybridized carbons (Fsp3) is 0.277. The van der Waals surface area contributed by atoms with E-state index in [4.69, 9.17) is 0 Å². The standard InChI is InChI=1S/C24H17.C21H25.C2H4.2ClH.Zr/c1-16-13-17-8-6-12-22(23(17)14-16)24-15-18-7-2-3-9-19(18)20-10-4-5-11-21(20)24;1-20(2,3)16-7-9-18-14(12-16)11-15-13-17(21(4,5)6)8-10-19(15)18;1-2;;;/h2-15H,1H3;7-13H,1-6H3;1-2H2;2*1H;/q;;;;;+2/p-2. The van der Waals surface area contributed by atoms with Crippen LogP contribution in [0, 0.1) is 0 Å². The van der Waals surface area contributed by atoms with Gasteiger partial charge >= 0.3 is 293 Å². The van der Waals surface area contributed by atoms with Crippen molar-refractivity contribution in [3.63, 3.8) is 0 Å². The van der Waals surface area contributed by atoms with Crippen molar-refractivity contribution in [2.45, 2.75) is 74.8 Å². The van der Waals surface area contributed by atoms with Gasteiger partial charge in [-0.2, -0.15) is 0 Å². The average Bonchev–Trinajstić information content (AvgIpc) is 3.66. The van der Waals surface area contributed by atoms with Crippen LogP contribution in [0.15, 0.2) is 115 Å². The summed E-state index contributed by atoms with van der Waals surface area (Å²) in [4.78, 5) is 0. The number of fused-ring (bicyclic) bond motifs is 7. The second-order valence-corrected chi connectivity index (χ2v) is 28.4. The number of allylic oxidation sites excluding steroid dienone is 1. The van der Waals surface area contributed by atoms with Crippen LogP contribution in [-0.4, -0.2) is 0 Å². The molecule has 50 heavy (non-hydrogen) atoms. The van der Waals surface area contributed by atoms with Crippen molar-refractivity contribution in [1.82, 2.24) is 0 Å². The van der Waals surface area contributed by atoms with Crippen LogP contribution >= 0.6 is 0 Å². The molecule has 0 amide bonds. The van der Waals surface area contributed by atoms with Gasteiger partial charge in [0.2, 0.25) is 0 Å². The molecule has 6 aromatic rings. The minimum atomic E-state index is -2.90. The molecule has 0 spiro atoms. The fourth-order valence-electron chi connectivity index (χ4n) is 9.53. The Morgan fingerprint density at radius 1 is 0.500 bits per heavy atom. The van der Waals surface area contributed by atoms with Crippen LogP contribution in [0.1, 0.15) is 89.1 Å². The van der Waals surface area contributed by atoms with Gasteiger partial charge in [-0.25, -0.2) is 0 Å². The van der Waals surface area contributed by atoms with Crippen molar-refractivity contribution in [3.8, 4) is 22.3 Å². The molecule has 9 rings (SSSR count). The number of hydrogen-bond donors (Lipinski definition) is 0. The zero-order chi connectivity index (χ0) is 33.2. The van der Waals surface area contributed by atoms with Gasteiger partial charge in [-0.3, -0.25) is 0 Å². The summed E-state index contributed by atoms with van der Waals surface area (Å²) in [5.74, 6) is 0. The Morgan fingerprint density at radius 2 is 1.06 bits per heavy atom. The van der Waals surface area contributed by atoms with E-state index in [0.717, 1.165) is 0 Å². The van der Waals surface area contributed by atoms with Gasteiger partial charge in [-0.1, -0.05) is 0 Å². The molecular formula is C47H46Cl2Zr. The maximum atomic E-state index is 2.64. The van der Waals surface area contributed by atoms with Gasteiger partial charge in [0.25, 0.3) is 0 Å². The quantitative estimate of drug-likeness (QED) is 0.164. The van der Waals surface area contributed by atoms with Crippen LogP contribution in [0.4, 0.5) is 0 Å². The maximum absolute atomic E-state index is 2.90. The molecule has 1 aliphatic heterocycles. The van der Waals surface area contributed by atoms with Crippen LogP contribution in [0.25, 0.3) is 49.9 Å². The van der Waals surface area contributed by atoms with Gasteiger partial charge in [-0.05, 0) is 0 Å². The minimum Gasteiger partial charge on any atom is -1.00 e. The topological polar surface area (TPSA) is 0 Å². The molecule has 1 saturated heterocycles. The molecule has 2 aliphatic carbocycles. The fourth-order valence-corrected chi connectivity index (χ4v) is 26.9. The SMILES string of the molecule is CC1=Cc2c(-c3cc4ccccc4c4ccccc34)cccc2[CH]1[Zr+2]1([CH]2c3cc(C(C)(C)C)ccc3-c3ccc(C(C)(C)C)cc32)[CH2][CH2]1.[Cl-].[Cl-]. The van der Waals surface area contributed by atoms with Gasteiger partial charge in [0.05, 0.1) is 0 Å². The first kappa shape index (κ1) is 35.4. The van der Waals surface area contributed by atoms with E-state index in [1.165, 1.54) is 68.7 Å². The zero-order valence-corrected chi connectivity index (χ0v) is 34.3. The van der Waals surface area contributed by atoms with E-state index in [1.54, 1.807) is 22.3 Å². The summed E-state index contributed by atoms with van der Waals surface area (Å²) in [6, 6.07) is 42.7. The molecule has 1 atom stereocenters. The van der Waals surface area contributed by atoms with E-state index in [0.29, 0.717) is 7.25 Å². The largest absolute Gasteiger partial charge is 1.00 e. The first-order chi connectivity index (χ1) is 23.0. The summed E-state index contributed by atoms with van der Waals surface area (Å²) in [5, 5.41) is 5.36. The molecule has 0 N–H and O–H groups in total. The van der Waals surface area contributed by atoms with E-state index in [9.17, 15) is 0 Å². The van der Waals surface area contributed by atoms with Crippen LogP contribution in [0.3, 0.4) is 0 Å². The van der Waals surface area contributed by atoms with Crippen molar-refractivity contribution < 1.29 is 45.1 Å². The second kappa shape index (κ2) is 12.3. The van der Waals surface area contributed by atoms with E-state index in [-0.39, 0.29) is 35.6 Å². The maximum Gasteiger partial charge on any atom is -1.00 e. The molecule has 3 heteroatoms. The monoisotopic (exact) mass is 770 g/mol. The molecule has 0 bridgehead atoms. The summed E-state index contributed by atoms with van der Waals surface area (Å²) in [6.45, 7) is 16.7. The second-order valence-electron chi connectivity index (χ2n) is 17.1. The Kier molecular flexibility index (Phi) is 8.74. The summed E-state index contributed by atoms with van der Waals surface area (Å²) < 4.78 is 4.14. The molecule has 0 nitrogen and oxygen atoms in total. The van der Waals surface area contributed by atoms with Crippen molar-refractivity contribution >= 4 is 27.6 Å². The predicted molar refractivity (Wildman–Crippen MR) is 204 cm³/mol. The van der Waals surface area contributed by atoms with E-state index < -0.39 is 20.3 Å². The molecule has 0 aromatic heterocycles. The summed E-state index contributed by atoms with van der Waals surface area (Å²) >= 11 is -2.90. The molecular weight excluding hydrogens is 727 g/mol. The van der Waals surface area contributed by atoms with Gasteiger partial charge in [-0.15, -0.1) is 0 Å². The third-order valence-electron chi connectivity index (χ3n) is 12.1. The van der Waals surface area contributed by atoms with Crippen LogP contribution in [0.2, 0.25) is 8.26 Å². The average molecular weight is 773 g/mol. The van der Waals surface area contributed by atoms with Crippen molar-refractivity contribution in [2.24, 2.45) is 0 Å².